The van der Waals surface area contributed by atoms with E-state index in [4.69, 9.17) is 28.0 Å². The van der Waals surface area contributed by atoms with Crippen LogP contribution in [-0.2, 0) is 16.0 Å². The average molecular weight is 449 g/mol. The van der Waals surface area contributed by atoms with E-state index in [-0.39, 0.29) is 5.71 Å². The topological polar surface area (TPSA) is 53.9 Å². The Kier molecular flexibility index (Phi) is 4.81. The molecule has 29 heavy (non-hydrogen) atoms. The molecule has 0 radical (unpaired) electrons. The molecule has 0 aliphatic carbocycles. The summed E-state index contributed by atoms with van der Waals surface area (Å²) in [7, 11) is 0. The van der Waals surface area contributed by atoms with Gasteiger partial charge in [0.2, 0.25) is 0 Å². The van der Waals surface area contributed by atoms with Gasteiger partial charge in [0.15, 0.2) is 5.82 Å². The molecular formula is C19H14Cl2F4N2O2. The van der Waals surface area contributed by atoms with Crippen molar-refractivity contribution in [3.8, 4) is 0 Å². The standard InChI is InChI=1S/C19H14Cl2F4N2O2/c20-13-5-12(6-14(21)16(13)22)18(19(23,24)25)7-15(27-29-18)10-1-3-11(4-2-10)17(28)8-26-9-17/h1-6,26,28H,7-9H2/t18-/m1/s1. The van der Waals surface area contributed by atoms with Crippen LogP contribution in [0.2, 0.25) is 10.0 Å². The smallest absolute Gasteiger partial charge is 0.382 e. The lowest BCUT2D eigenvalue weighted by Gasteiger charge is -2.38. The maximum Gasteiger partial charge on any atom is 0.435 e. The van der Waals surface area contributed by atoms with Crippen LogP contribution in [0.1, 0.15) is 23.1 Å². The molecule has 0 spiro atoms. The fraction of sp³-hybridized carbons (Fsp3) is 0.316. The summed E-state index contributed by atoms with van der Waals surface area (Å²) >= 11 is 11.4. The second-order valence-electron chi connectivity index (χ2n) is 7.10. The first-order chi connectivity index (χ1) is 13.6. The van der Waals surface area contributed by atoms with Crippen LogP contribution in [0.3, 0.4) is 0 Å². The maximum absolute atomic E-state index is 14.0. The van der Waals surface area contributed by atoms with E-state index < -0.39 is 45.2 Å². The first-order valence-corrected chi connectivity index (χ1v) is 9.32. The van der Waals surface area contributed by atoms with Gasteiger partial charge in [-0.15, -0.1) is 0 Å². The Bertz CT molecular complexity index is 968. The Labute approximate surface area is 173 Å². The zero-order valence-corrected chi connectivity index (χ0v) is 16.2. The number of β-amino-alcohol motifs (C(OH)–C–C–N with tert-alkyl or cyclic N) is 1. The number of hydrogen-bond acceptors (Lipinski definition) is 4. The minimum absolute atomic E-state index is 0.0594. The fourth-order valence-corrected chi connectivity index (χ4v) is 3.87. The molecule has 2 aromatic rings. The van der Waals surface area contributed by atoms with E-state index in [1.165, 1.54) is 0 Å². The quantitative estimate of drug-likeness (QED) is 0.536. The van der Waals surface area contributed by atoms with Crippen LogP contribution >= 0.6 is 23.2 Å². The molecule has 2 aliphatic rings. The zero-order chi connectivity index (χ0) is 21.0. The molecule has 2 aromatic carbocycles. The van der Waals surface area contributed by atoms with Crippen LogP contribution in [0.5, 0.6) is 0 Å². The predicted molar refractivity (Wildman–Crippen MR) is 99.6 cm³/mol. The molecule has 0 amide bonds. The molecule has 4 nitrogen and oxygen atoms in total. The fourth-order valence-electron chi connectivity index (χ4n) is 3.39. The lowest BCUT2D eigenvalue weighted by atomic mass is 9.85. The summed E-state index contributed by atoms with van der Waals surface area (Å²) in [4.78, 5) is 4.90. The Morgan fingerprint density at radius 1 is 1.03 bits per heavy atom. The van der Waals surface area contributed by atoms with Crippen molar-refractivity contribution >= 4 is 28.9 Å². The lowest BCUT2D eigenvalue weighted by molar-refractivity contribution is -0.275. The summed E-state index contributed by atoms with van der Waals surface area (Å²) in [6.45, 7) is 0.805. The van der Waals surface area contributed by atoms with Crippen LogP contribution < -0.4 is 5.32 Å². The molecule has 2 heterocycles. The van der Waals surface area contributed by atoms with Crippen molar-refractivity contribution < 1.29 is 27.5 Å². The third-order valence-electron chi connectivity index (χ3n) is 5.23. The van der Waals surface area contributed by atoms with Gasteiger partial charge in [-0.1, -0.05) is 52.6 Å². The third kappa shape index (κ3) is 3.28. The highest BCUT2D eigenvalue weighted by Crippen LogP contribution is 2.50. The third-order valence-corrected chi connectivity index (χ3v) is 5.78. The summed E-state index contributed by atoms with van der Waals surface area (Å²) in [6, 6.07) is 8.11. The van der Waals surface area contributed by atoms with Crippen molar-refractivity contribution in [2.75, 3.05) is 13.1 Å². The molecule has 10 heteroatoms. The van der Waals surface area contributed by atoms with Gasteiger partial charge >= 0.3 is 6.18 Å². The number of benzene rings is 2. The van der Waals surface area contributed by atoms with Crippen LogP contribution in [0.15, 0.2) is 41.6 Å². The molecule has 154 valence electrons. The Balaban J connectivity index is 1.67. The zero-order valence-electron chi connectivity index (χ0n) is 14.7. The molecule has 4 rings (SSSR count). The monoisotopic (exact) mass is 448 g/mol. The van der Waals surface area contributed by atoms with Crippen LogP contribution in [0, 0.1) is 5.82 Å². The second kappa shape index (κ2) is 6.84. The molecule has 0 saturated carbocycles. The normalized spacial score (nSPS) is 23.3. The van der Waals surface area contributed by atoms with E-state index in [9.17, 15) is 22.7 Å². The van der Waals surface area contributed by atoms with Gasteiger partial charge in [0.05, 0.1) is 15.8 Å². The van der Waals surface area contributed by atoms with Crippen molar-refractivity contribution in [2.45, 2.75) is 23.8 Å². The van der Waals surface area contributed by atoms with Crippen molar-refractivity contribution in [1.82, 2.24) is 5.32 Å². The highest BCUT2D eigenvalue weighted by atomic mass is 35.5. The predicted octanol–water partition coefficient (Wildman–Crippen LogP) is 4.51. The second-order valence-corrected chi connectivity index (χ2v) is 7.91. The number of aliphatic hydroxyl groups is 1. The van der Waals surface area contributed by atoms with E-state index in [0.29, 0.717) is 24.2 Å². The Morgan fingerprint density at radius 2 is 1.62 bits per heavy atom. The first-order valence-electron chi connectivity index (χ1n) is 8.57. The number of rotatable bonds is 3. The highest BCUT2D eigenvalue weighted by molar-refractivity contribution is 6.35. The summed E-state index contributed by atoms with van der Waals surface area (Å²) in [5.41, 5.74) is -3.13. The lowest BCUT2D eigenvalue weighted by Crippen LogP contribution is -2.56. The maximum atomic E-state index is 14.0. The molecule has 1 fully saturated rings. The van der Waals surface area contributed by atoms with Gasteiger partial charge in [-0.3, -0.25) is 0 Å². The van der Waals surface area contributed by atoms with E-state index in [1.54, 1.807) is 24.3 Å². The minimum atomic E-state index is -4.87. The summed E-state index contributed by atoms with van der Waals surface area (Å²) in [5, 5.41) is 15.9. The molecule has 1 saturated heterocycles. The van der Waals surface area contributed by atoms with Gasteiger partial charge in [-0.2, -0.15) is 13.2 Å². The SMILES string of the molecule is OC1(c2ccc(C3=NO[C@](c4cc(Cl)c(F)c(Cl)c4)(C(F)(F)F)C3)cc2)CNC1. The molecule has 1 atom stereocenters. The van der Waals surface area contributed by atoms with Crippen molar-refractivity contribution in [1.29, 1.82) is 0 Å². The molecule has 0 unspecified atom stereocenters. The number of halogens is 6. The van der Waals surface area contributed by atoms with Gasteiger partial charge < -0.3 is 15.3 Å². The Hall–Kier alpha value is -1.87. The summed E-state index contributed by atoms with van der Waals surface area (Å²) in [5.74, 6) is -1.01. The number of hydrogen-bond donors (Lipinski definition) is 2. The van der Waals surface area contributed by atoms with Gasteiger partial charge in [-0.25, -0.2) is 4.39 Å². The van der Waals surface area contributed by atoms with E-state index in [1.807, 2.05) is 0 Å². The molecule has 2 aliphatic heterocycles. The van der Waals surface area contributed by atoms with E-state index in [2.05, 4.69) is 10.5 Å². The molecule has 0 bridgehead atoms. The largest absolute Gasteiger partial charge is 0.435 e. The average Bonchev–Trinajstić information content (AvgIpc) is 3.11. The summed E-state index contributed by atoms with van der Waals surface area (Å²) < 4.78 is 55.7. The van der Waals surface area contributed by atoms with Crippen LogP contribution in [-0.4, -0.2) is 30.1 Å². The van der Waals surface area contributed by atoms with E-state index >= 15 is 0 Å². The van der Waals surface area contributed by atoms with Crippen molar-refractivity contribution in [3.05, 3.63) is 69.0 Å². The van der Waals surface area contributed by atoms with Gasteiger partial charge in [0.1, 0.15) is 5.60 Å². The number of oxime groups is 1. The number of nitrogens with one attached hydrogen (secondary N) is 1. The van der Waals surface area contributed by atoms with Gasteiger partial charge in [0.25, 0.3) is 5.60 Å². The minimum Gasteiger partial charge on any atom is -0.382 e. The number of alkyl halides is 3. The van der Waals surface area contributed by atoms with Crippen LogP contribution in [0.25, 0.3) is 0 Å². The van der Waals surface area contributed by atoms with Crippen molar-refractivity contribution in [2.24, 2.45) is 5.16 Å². The summed E-state index contributed by atoms with van der Waals surface area (Å²) in [6.07, 6.45) is -5.50. The molecule has 0 aromatic heterocycles. The first kappa shape index (κ1) is 20.4. The highest BCUT2D eigenvalue weighted by Gasteiger charge is 2.62. The molecule has 2 N–H and O–H groups in total. The van der Waals surface area contributed by atoms with Gasteiger partial charge in [-0.05, 0) is 23.3 Å². The van der Waals surface area contributed by atoms with E-state index in [0.717, 1.165) is 12.1 Å². The van der Waals surface area contributed by atoms with Crippen molar-refractivity contribution in [3.63, 3.8) is 0 Å². The van der Waals surface area contributed by atoms with Crippen LogP contribution in [0.4, 0.5) is 17.6 Å². The number of nitrogens with zero attached hydrogens (tertiary/aromatic N) is 1. The molecular weight excluding hydrogens is 435 g/mol. The van der Waals surface area contributed by atoms with Gasteiger partial charge in [0, 0.05) is 25.1 Å². The Morgan fingerprint density at radius 3 is 2.10 bits per heavy atom.